The highest BCUT2D eigenvalue weighted by atomic mass is 19.1. The predicted octanol–water partition coefficient (Wildman–Crippen LogP) is 2.44. The van der Waals surface area contributed by atoms with Crippen LogP contribution < -0.4 is 9.64 Å². The summed E-state index contributed by atoms with van der Waals surface area (Å²) in [5, 5.41) is 4.57. The molecule has 0 aliphatic carbocycles. The van der Waals surface area contributed by atoms with E-state index in [0.29, 0.717) is 41.4 Å². The minimum absolute atomic E-state index is 0.0143. The highest BCUT2D eigenvalue weighted by molar-refractivity contribution is 5.90. The summed E-state index contributed by atoms with van der Waals surface area (Å²) >= 11 is 0. The maximum absolute atomic E-state index is 14.0. The van der Waals surface area contributed by atoms with E-state index in [4.69, 9.17) is 14.0 Å². The number of rotatable bonds is 4. The Morgan fingerprint density at radius 1 is 1.27 bits per heavy atom. The maximum atomic E-state index is 14.0. The van der Waals surface area contributed by atoms with Crippen molar-refractivity contribution < 1.29 is 18.4 Å². The van der Waals surface area contributed by atoms with Gasteiger partial charge in [-0.2, -0.15) is 4.98 Å². The van der Waals surface area contributed by atoms with E-state index in [-0.39, 0.29) is 17.9 Å². The average Bonchev–Trinajstić information content (AvgIpc) is 3.26. The van der Waals surface area contributed by atoms with Crippen molar-refractivity contribution in [3.05, 3.63) is 36.0 Å². The average molecular weight is 359 g/mol. The first-order valence-corrected chi connectivity index (χ1v) is 8.18. The van der Waals surface area contributed by atoms with Gasteiger partial charge >= 0.3 is 0 Å². The lowest BCUT2D eigenvalue weighted by molar-refractivity contribution is 0.117. The molecule has 3 aromatic rings. The first-order chi connectivity index (χ1) is 12.6. The molecule has 4 rings (SSSR count). The predicted molar refractivity (Wildman–Crippen MR) is 90.6 cm³/mol. The smallest absolute Gasteiger partial charge is 0.249 e. The van der Waals surface area contributed by atoms with Crippen LogP contribution in [0.2, 0.25) is 0 Å². The fraction of sp³-hybridized carbons (Fsp3) is 0.412. The number of methoxy groups -OCH3 is 2. The van der Waals surface area contributed by atoms with Crippen LogP contribution >= 0.6 is 0 Å². The summed E-state index contributed by atoms with van der Waals surface area (Å²) in [4.78, 5) is 15.0. The molecule has 1 aliphatic rings. The number of nitrogens with zero attached hydrogens (tertiary/aromatic N) is 5. The second kappa shape index (κ2) is 6.49. The fourth-order valence-electron chi connectivity index (χ4n) is 3.31. The van der Waals surface area contributed by atoms with Gasteiger partial charge in [0.2, 0.25) is 5.89 Å². The summed E-state index contributed by atoms with van der Waals surface area (Å²) in [6.07, 6.45) is 2.08. The first-order valence-electron chi connectivity index (χ1n) is 8.18. The number of aryl methyl sites for hydroxylation is 1. The van der Waals surface area contributed by atoms with E-state index in [1.54, 1.807) is 20.1 Å². The molecule has 1 saturated heterocycles. The molecule has 0 N–H and O–H groups in total. The third-order valence-electron chi connectivity index (χ3n) is 4.58. The van der Waals surface area contributed by atoms with Crippen molar-refractivity contribution in [2.24, 2.45) is 0 Å². The van der Waals surface area contributed by atoms with Gasteiger partial charge in [-0.1, -0.05) is 5.16 Å². The molecule has 136 valence electrons. The topological polar surface area (TPSA) is 86.4 Å². The summed E-state index contributed by atoms with van der Waals surface area (Å²) < 4.78 is 30.1. The molecule has 0 saturated carbocycles. The van der Waals surface area contributed by atoms with Gasteiger partial charge in [0.05, 0.1) is 18.7 Å². The Labute approximate surface area is 148 Å². The molecular formula is C17H18FN5O3. The molecule has 3 heterocycles. The highest BCUT2D eigenvalue weighted by Crippen LogP contribution is 2.39. The van der Waals surface area contributed by atoms with Crippen molar-refractivity contribution in [1.82, 2.24) is 20.1 Å². The zero-order chi connectivity index (χ0) is 18.3. The zero-order valence-corrected chi connectivity index (χ0v) is 14.6. The standard InChI is InChI=1S/C17H18FN5O3/c1-9-21-17(26-22-9)14-4-10(24-2)7-23(14)16-11-5-15(25-3)12(18)6-13(11)19-8-20-16/h5-6,8,10,14H,4,7H2,1-3H3. The van der Waals surface area contributed by atoms with E-state index in [2.05, 4.69) is 20.1 Å². The molecule has 26 heavy (non-hydrogen) atoms. The minimum atomic E-state index is -0.468. The summed E-state index contributed by atoms with van der Waals surface area (Å²) in [7, 11) is 3.09. The lowest BCUT2D eigenvalue weighted by Gasteiger charge is -2.24. The van der Waals surface area contributed by atoms with E-state index >= 15 is 0 Å². The quantitative estimate of drug-likeness (QED) is 0.702. The molecule has 2 atom stereocenters. The Kier molecular flexibility index (Phi) is 4.15. The zero-order valence-electron chi connectivity index (χ0n) is 14.6. The molecule has 2 unspecified atom stereocenters. The lowest BCUT2D eigenvalue weighted by atomic mass is 10.1. The van der Waals surface area contributed by atoms with E-state index in [1.807, 2.05) is 4.90 Å². The molecule has 0 amide bonds. The minimum Gasteiger partial charge on any atom is -0.494 e. The number of anilines is 1. The van der Waals surface area contributed by atoms with Crippen LogP contribution in [0.25, 0.3) is 10.9 Å². The number of aromatic nitrogens is 4. The summed E-state index contributed by atoms with van der Waals surface area (Å²) in [5.74, 6) is 1.39. The third-order valence-corrected chi connectivity index (χ3v) is 4.58. The molecular weight excluding hydrogens is 341 g/mol. The van der Waals surface area contributed by atoms with Crippen molar-refractivity contribution >= 4 is 16.7 Å². The Morgan fingerprint density at radius 2 is 2.12 bits per heavy atom. The van der Waals surface area contributed by atoms with Crippen molar-refractivity contribution in [1.29, 1.82) is 0 Å². The number of hydrogen-bond acceptors (Lipinski definition) is 8. The first kappa shape index (κ1) is 16.6. The second-order valence-corrected chi connectivity index (χ2v) is 6.14. The SMILES string of the molecule is COc1cc2c(N3CC(OC)CC3c3nc(C)no3)ncnc2cc1F. The van der Waals surface area contributed by atoms with Crippen LogP contribution in [0, 0.1) is 12.7 Å². The van der Waals surface area contributed by atoms with Crippen LogP contribution in [-0.4, -0.2) is 47.0 Å². The molecule has 1 aromatic carbocycles. The highest BCUT2D eigenvalue weighted by Gasteiger charge is 2.38. The number of hydrogen-bond donors (Lipinski definition) is 0. The van der Waals surface area contributed by atoms with E-state index < -0.39 is 5.82 Å². The Balaban J connectivity index is 1.84. The van der Waals surface area contributed by atoms with Gasteiger partial charge in [-0.05, 0) is 13.0 Å². The van der Waals surface area contributed by atoms with Gasteiger partial charge in [0.25, 0.3) is 0 Å². The maximum Gasteiger partial charge on any atom is 0.249 e. The number of benzene rings is 1. The van der Waals surface area contributed by atoms with Crippen molar-refractivity contribution in [2.45, 2.75) is 25.5 Å². The third kappa shape index (κ3) is 2.74. The second-order valence-electron chi connectivity index (χ2n) is 6.14. The van der Waals surface area contributed by atoms with Crippen LogP contribution in [-0.2, 0) is 4.74 Å². The molecule has 8 nitrogen and oxygen atoms in total. The molecule has 9 heteroatoms. The summed E-state index contributed by atoms with van der Waals surface area (Å²) in [6, 6.07) is 2.76. The van der Waals surface area contributed by atoms with Crippen LogP contribution in [0.15, 0.2) is 23.0 Å². The Hall–Kier alpha value is -2.81. The van der Waals surface area contributed by atoms with Crippen LogP contribution in [0.3, 0.4) is 0 Å². The van der Waals surface area contributed by atoms with Gasteiger partial charge in [0, 0.05) is 31.5 Å². The number of ether oxygens (including phenoxy) is 2. The van der Waals surface area contributed by atoms with Crippen molar-refractivity contribution in [3.63, 3.8) is 0 Å². The van der Waals surface area contributed by atoms with Crippen molar-refractivity contribution in [2.75, 3.05) is 25.7 Å². The van der Waals surface area contributed by atoms with Gasteiger partial charge in [-0.3, -0.25) is 0 Å². The van der Waals surface area contributed by atoms with E-state index in [0.717, 1.165) is 0 Å². The monoisotopic (exact) mass is 359 g/mol. The van der Waals surface area contributed by atoms with E-state index in [9.17, 15) is 4.39 Å². The van der Waals surface area contributed by atoms with Gasteiger partial charge in [-0.15, -0.1) is 0 Å². The fourth-order valence-corrected chi connectivity index (χ4v) is 3.31. The van der Waals surface area contributed by atoms with Gasteiger partial charge in [0.15, 0.2) is 17.4 Å². The summed E-state index contributed by atoms with van der Waals surface area (Å²) in [5.41, 5.74) is 0.495. The molecule has 1 aliphatic heterocycles. The lowest BCUT2D eigenvalue weighted by Crippen LogP contribution is -2.26. The molecule has 0 radical (unpaired) electrons. The van der Waals surface area contributed by atoms with Crippen LogP contribution in [0.1, 0.15) is 24.2 Å². The Morgan fingerprint density at radius 3 is 2.81 bits per heavy atom. The summed E-state index contributed by atoms with van der Waals surface area (Å²) in [6.45, 7) is 2.36. The van der Waals surface area contributed by atoms with Crippen LogP contribution in [0.5, 0.6) is 5.75 Å². The number of halogens is 1. The van der Waals surface area contributed by atoms with Gasteiger partial charge < -0.3 is 18.9 Å². The largest absolute Gasteiger partial charge is 0.494 e. The molecule has 1 fully saturated rings. The molecule has 0 bridgehead atoms. The normalized spacial score (nSPS) is 20.1. The van der Waals surface area contributed by atoms with Crippen LogP contribution in [0.4, 0.5) is 10.2 Å². The number of fused-ring (bicyclic) bond motifs is 1. The Bertz CT molecular complexity index is 947. The van der Waals surface area contributed by atoms with Gasteiger partial charge in [0.1, 0.15) is 18.2 Å². The van der Waals surface area contributed by atoms with E-state index in [1.165, 1.54) is 19.5 Å². The molecule has 2 aromatic heterocycles. The molecule has 0 spiro atoms. The van der Waals surface area contributed by atoms with Crippen molar-refractivity contribution in [3.8, 4) is 5.75 Å². The van der Waals surface area contributed by atoms with Gasteiger partial charge in [-0.25, -0.2) is 14.4 Å².